The molecule has 4 nitrogen and oxygen atoms in total. The van der Waals surface area contributed by atoms with Crippen LogP contribution in [0.4, 0.5) is 0 Å². The van der Waals surface area contributed by atoms with E-state index in [-0.39, 0.29) is 23.2 Å². The minimum Gasteiger partial charge on any atom is -0.390 e. The molecule has 1 saturated heterocycles. The van der Waals surface area contributed by atoms with Crippen molar-refractivity contribution < 1.29 is 19.3 Å². The van der Waals surface area contributed by atoms with Crippen molar-refractivity contribution in [3.63, 3.8) is 0 Å². The van der Waals surface area contributed by atoms with E-state index < -0.39 is 11.7 Å². The van der Waals surface area contributed by atoms with Crippen LogP contribution in [0.15, 0.2) is 0 Å². The molecule has 3 atom stereocenters. The lowest BCUT2D eigenvalue weighted by atomic mass is 9.91. The molecule has 1 heterocycles. The second-order valence-corrected chi connectivity index (χ2v) is 8.22. The lowest BCUT2D eigenvalue weighted by molar-refractivity contribution is -0.108. The van der Waals surface area contributed by atoms with Crippen LogP contribution < -0.4 is 0 Å². The van der Waals surface area contributed by atoms with Crippen LogP contribution in [-0.4, -0.2) is 47.3 Å². The van der Waals surface area contributed by atoms with Crippen LogP contribution in [0, 0.1) is 5.92 Å². The van der Waals surface area contributed by atoms with Gasteiger partial charge < -0.3 is 19.3 Å². The molecule has 0 saturated carbocycles. The zero-order valence-electron chi connectivity index (χ0n) is 14.3. The summed E-state index contributed by atoms with van der Waals surface area (Å²) >= 11 is 0. The summed E-state index contributed by atoms with van der Waals surface area (Å²) in [5, 5.41) is 10.5. The quantitative estimate of drug-likeness (QED) is 0.864. The molecule has 20 heavy (non-hydrogen) atoms. The maximum Gasteiger partial charge on any atom is 0.0900 e. The zero-order chi connectivity index (χ0) is 15.8. The summed E-state index contributed by atoms with van der Waals surface area (Å²) in [6, 6.07) is 0. The van der Waals surface area contributed by atoms with Crippen molar-refractivity contribution in [2.24, 2.45) is 5.92 Å². The third kappa shape index (κ3) is 5.32. The Morgan fingerprint density at radius 2 is 1.40 bits per heavy atom. The van der Waals surface area contributed by atoms with E-state index in [1.165, 1.54) is 0 Å². The molecule has 0 aromatic rings. The second kappa shape index (κ2) is 5.91. The lowest BCUT2D eigenvalue weighted by Crippen LogP contribution is -2.39. The van der Waals surface area contributed by atoms with Crippen molar-refractivity contribution in [1.29, 1.82) is 0 Å². The lowest BCUT2D eigenvalue weighted by Gasteiger charge is -2.28. The summed E-state index contributed by atoms with van der Waals surface area (Å²) in [5.41, 5.74) is -0.990. The van der Waals surface area contributed by atoms with Crippen molar-refractivity contribution in [2.45, 2.75) is 84.4 Å². The molecule has 0 amide bonds. The van der Waals surface area contributed by atoms with Gasteiger partial charge in [0.15, 0.2) is 0 Å². The first-order valence-electron chi connectivity index (χ1n) is 7.46. The molecule has 1 fully saturated rings. The first kappa shape index (κ1) is 17.9. The molecule has 1 rings (SSSR count). The third-order valence-electron chi connectivity index (χ3n) is 3.44. The Balaban J connectivity index is 2.69. The van der Waals surface area contributed by atoms with Crippen molar-refractivity contribution >= 4 is 0 Å². The molecule has 120 valence electrons. The summed E-state index contributed by atoms with van der Waals surface area (Å²) in [6.07, 6.45) is -0.681. The van der Waals surface area contributed by atoms with Gasteiger partial charge in [0.05, 0.1) is 42.2 Å². The molecular formula is C16H32O4. The highest BCUT2D eigenvalue weighted by Gasteiger charge is 2.49. The van der Waals surface area contributed by atoms with Gasteiger partial charge in [0.2, 0.25) is 0 Å². The molecule has 0 spiro atoms. The van der Waals surface area contributed by atoms with E-state index in [0.29, 0.717) is 13.2 Å². The van der Waals surface area contributed by atoms with Crippen LogP contribution in [0.2, 0.25) is 0 Å². The number of aliphatic hydroxyl groups is 1. The molecule has 4 heteroatoms. The number of aliphatic hydroxyl groups excluding tert-OH is 1. The van der Waals surface area contributed by atoms with Gasteiger partial charge in [-0.15, -0.1) is 0 Å². The van der Waals surface area contributed by atoms with Crippen LogP contribution in [0.25, 0.3) is 0 Å². The van der Waals surface area contributed by atoms with Crippen molar-refractivity contribution in [1.82, 2.24) is 0 Å². The Hall–Kier alpha value is -0.160. The minimum atomic E-state index is -0.558. The van der Waals surface area contributed by atoms with Gasteiger partial charge in [0.1, 0.15) is 0 Å². The molecule has 1 aliphatic rings. The maximum atomic E-state index is 10.5. The predicted molar refractivity (Wildman–Crippen MR) is 79.9 cm³/mol. The minimum absolute atomic E-state index is 0.0634. The average molecular weight is 288 g/mol. The van der Waals surface area contributed by atoms with Crippen LogP contribution in [0.1, 0.15) is 55.4 Å². The van der Waals surface area contributed by atoms with Gasteiger partial charge >= 0.3 is 0 Å². The fourth-order valence-corrected chi connectivity index (χ4v) is 2.30. The average Bonchev–Trinajstić information content (AvgIpc) is 2.43. The van der Waals surface area contributed by atoms with E-state index in [1.807, 2.05) is 55.4 Å². The van der Waals surface area contributed by atoms with Gasteiger partial charge in [0, 0.05) is 5.92 Å². The molecule has 0 radical (unpaired) electrons. The molecule has 0 aromatic heterocycles. The molecule has 1 unspecified atom stereocenters. The van der Waals surface area contributed by atoms with Gasteiger partial charge in [-0.05, 0) is 55.4 Å². The zero-order valence-corrected chi connectivity index (χ0v) is 14.3. The van der Waals surface area contributed by atoms with Gasteiger partial charge in [-0.2, -0.15) is 0 Å². The smallest absolute Gasteiger partial charge is 0.0900 e. The molecule has 0 aliphatic carbocycles. The summed E-state index contributed by atoms with van der Waals surface area (Å²) in [6.45, 7) is 16.9. The summed E-state index contributed by atoms with van der Waals surface area (Å²) in [5.74, 6) is -0.0634. The normalized spacial score (nSPS) is 30.8. The highest BCUT2D eigenvalue weighted by Crippen LogP contribution is 2.36. The SMILES string of the molecule is CC(C)(C)OC[C@H]1OC(C)(C)C(O)[C@@H]1COC(C)(C)C. The Bertz CT molecular complexity index is 311. The Morgan fingerprint density at radius 1 is 0.950 bits per heavy atom. The van der Waals surface area contributed by atoms with Crippen LogP contribution in [0.5, 0.6) is 0 Å². The Kier molecular flexibility index (Phi) is 5.29. The van der Waals surface area contributed by atoms with E-state index in [1.54, 1.807) is 0 Å². The van der Waals surface area contributed by atoms with E-state index in [0.717, 1.165) is 0 Å². The summed E-state index contributed by atoms with van der Waals surface area (Å²) in [7, 11) is 0. The fraction of sp³-hybridized carbons (Fsp3) is 1.00. The molecule has 1 aliphatic heterocycles. The fourth-order valence-electron chi connectivity index (χ4n) is 2.30. The number of rotatable bonds is 4. The van der Waals surface area contributed by atoms with E-state index in [9.17, 15) is 5.11 Å². The third-order valence-corrected chi connectivity index (χ3v) is 3.44. The topological polar surface area (TPSA) is 47.9 Å². The van der Waals surface area contributed by atoms with Crippen LogP contribution in [-0.2, 0) is 14.2 Å². The predicted octanol–water partition coefficient (Wildman–Crippen LogP) is 2.77. The summed E-state index contributed by atoms with van der Waals surface area (Å²) in [4.78, 5) is 0. The van der Waals surface area contributed by atoms with Gasteiger partial charge in [0.25, 0.3) is 0 Å². The standard InChI is InChI=1S/C16H32O4/c1-14(2,3)18-9-11-12(10-19-15(4,5)6)20-16(7,8)13(11)17/h11-13,17H,9-10H2,1-8H3/t11-,12-,13?/m1/s1. The van der Waals surface area contributed by atoms with Crippen LogP contribution >= 0.6 is 0 Å². The highest BCUT2D eigenvalue weighted by molar-refractivity contribution is 4.96. The first-order valence-corrected chi connectivity index (χ1v) is 7.46. The monoisotopic (exact) mass is 288 g/mol. The molecular weight excluding hydrogens is 256 g/mol. The first-order chi connectivity index (χ1) is 8.82. The second-order valence-electron chi connectivity index (χ2n) is 8.22. The van der Waals surface area contributed by atoms with Crippen LogP contribution in [0.3, 0.4) is 0 Å². The van der Waals surface area contributed by atoms with E-state index in [4.69, 9.17) is 14.2 Å². The number of ether oxygens (including phenoxy) is 3. The molecule has 0 aromatic carbocycles. The van der Waals surface area contributed by atoms with Gasteiger partial charge in [-0.1, -0.05) is 0 Å². The van der Waals surface area contributed by atoms with Crippen molar-refractivity contribution in [3.05, 3.63) is 0 Å². The number of hydrogen-bond donors (Lipinski definition) is 1. The largest absolute Gasteiger partial charge is 0.390 e. The maximum absolute atomic E-state index is 10.5. The summed E-state index contributed by atoms with van der Waals surface area (Å²) < 4.78 is 17.6. The van der Waals surface area contributed by atoms with Crippen molar-refractivity contribution in [2.75, 3.05) is 13.2 Å². The highest BCUT2D eigenvalue weighted by atomic mass is 16.6. The van der Waals surface area contributed by atoms with Gasteiger partial charge in [-0.25, -0.2) is 0 Å². The van der Waals surface area contributed by atoms with E-state index in [2.05, 4.69) is 0 Å². The Morgan fingerprint density at radius 3 is 1.85 bits per heavy atom. The Labute approximate surface area is 123 Å². The van der Waals surface area contributed by atoms with Gasteiger partial charge in [-0.3, -0.25) is 0 Å². The molecule has 1 N–H and O–H groups in total. The van der Waals surface area contributed by atoms with E-state index >= 15 is 0 Å². The van der Waals surface area contributed by atoms with Crippen molar-refractivity contribution in [3.8, 4) is 0 Å². The molecule has 0 bridgehead atoms. The number of hydrogen-bond acceptors (Lipinski definition) is 4.